The summed E-state index contributed by atoms with van der Waals surface area (Å²) >= 11 is 7.39. The summed E-state index contributed by atoms with van der Waals surface area (Å²) in [4.78, 5) is 4.05. The number of anilines is 2. The molecule has 0 bridgehead atoms. The van der Waals surface area contributed by atoms with Crippen molar-refractivity contribution in [2.24, 2.45) is 5.10 Å². The first kappa shape index (κ1) is 18.9. The molecule has 1 aromatic heterocycles. The topological polar surface area (TPSA) is 81.8 Å². The number of hydrogen-bond acceptors (Lipinski definition) is 7. The van der Waals surface area contributed by atoms with E-state index in [-0.39, 0.29) is 12.2 Å². The van der Waals surface area contributed by atoms with Gasteiger partial charge in [-0.1, -0.05) is 23.7 Å². The predicted molar refractivity (Wildman–Crippen MR) is 106 cm³/mol. The number of aromatic nitrogens is 1. The van der Waals surface area contributed by atoms with E-state index in [1.807, 2.05) is 0 Å². The van der Waals surface area contributed by atoms with Gasteiger partial charge in [-0.25, -0.2) is 9.37 Å². The van der Waals surface area contributed by atoms with Crippen LogP contribution in [-0.2, 0) is 6.61 Å². The zero-order valence-corrected chi connectivity index (χ0v) is 15.9. The number of hydrazone groups is 1. The van der Waals surface area contributed by atoms with Crippen molar-refractivity contribution in [3.63, 3.8) is 0 Å². The Morgan fingerprint density at radius 3 is 2.85 bits per heavy atom. The number of methoxy groups -OCH3 is 1. The largest absolute Gasteiger partial charge is 0.493 e. The van der Waals surface area contributed by atoms with Crippen LogP contribution in [0.5, 0.6) is 11.5 Å². The highest BCUT2D eigenvalue weighted by atomic mass is 35.5. The van der Waals surface area contributed by atoms with Gasteiger partial charge < -0.3 is 15.2 Å². The molecule has 1 heterocycles. The van der Waals surface area contributed by atoms with Crippen molar-refractivity contribution in [2.45, 2.75) is 6.61 Å². The Morgan fingerprint density at radius 1 is 1.33 bits per heavy atom. The zero-order valence-electron chi connectivity index (χ0n) is 14.3. The average molecular weight is 407 g/mol. The summed E-state index contributed by atoms with van der Waals surface area (Å²) in [6, 6.07) is 9.81. The van der Waals surface area contributed by atoms with Gasteiger partial charge in [0.25, 0.3) is 0 Å². The molecule has 3 aromatic rings. The molecule has 0 fully saturated rings. The summed E-state index contributed by atoms with van der Waals surface area (Å²) < 4.78 is 25.1. The van der Waals surface area contributed by atoms with E-state index in [1.165, 1.54) is 24.5 Å². The third kappa shape index (κ3) is 4.66. The van der Waals surface area contributed by atoms with Crippen molar-refractivity contribution in [2.75, 3.05) is 18.3 Å². The number of nitrogens with two attached hydrogens (primary N) is 1. The van der Waals surface area contributed by atoms with Crippen LogP contribution in [0.25, 0.3) is 0 Å². The van der Waals surface area contributed by atoms with E-state index in [0.717, 1.165) is 0 Å². The van der Waals surface area contributed by atoms with Crippen LogP contribution in [0.15, 0.2) is 46.9 Å². The van der Waals surface area contributed by atoms with Crippen LogP contribution >= 0.6 is 22.9 Å². The van der Waals surface area contributed by atoms with Crippen molar-refractivity contribution >= 4 is 40.1 Å². The number of benzene rings is 2. The molecule has 27 heavy (non-hydrogen) atoms. The Morgan fingerprint density at radius 2 is 2.15 bits per heavy atom. The molecule has 3 rings (SSSR count). The van der Waals surface area contributed by atoms with Gasteiger partial charge in [-0.05, 0) is 24.3 Å². The van der Waals surface area contributed by atoms with Gasteiger partial charge in [-0.3, -0.25) is 5.43 Å². The number of hydrogen-bond donors (Lipinski definition) is 2. The van der Waals surface area contributed by atoms with Crippen LogP contribution in [0.1, 0.15) is 11.1 Å². The number of thiazole rings is 1. The summed E-state index contributed by atoms with van der Waals surface area (Å²) in [5, 5.41) is 6.69. The third-order valence-electron chi connectivity index (χ3n) is 3.54. The highest BCUT2D eigenvalue weighted by Gasteiger charge is 2.13. The molecule has 0 aliphatic carbocycles. The van der Waals surface area contributed by atoms with Gasteiger partial charge in [0.15, 0.2) is 11.5 Å². The average Bonchev–Trinajstić information content (AvgIpc) is 3.07. The third-order valence-corrected chi connectivity index (χ3v) is 4.66. The summed E-state index contributed by atoms with van der Waals surface area (Å²) in [6.07, 6.45) is 1.55. The van der Waals surface area contributed by atoms with Gasteiger partial charge >= 0.3 is 0 Å². The number of ether oxygens (including phenoxy) is 2. The van der Waals surface area contributed by atoms with Crippen LogP contribution in [-0.4, -0.2) is 18.3 Å². The fourth-order valence-corrected chi connectivity index (χ4v) is 3.02. The summed E-state index contributed by atoms with van der Waals surface area (Å²) in [7, 11) is 1.52. The number of nitrogen functional groups attached to an aromatic ring is 1. The van der Waals surface area contributed by atoms with E-state index in [0.29, 0.717) is 33.0 Å². The number of halogens is 2. The monoisotopic (exact) mass is 406 g/mol. The minimum absolute atomic E-state index is 0.0524. The smallest absolute Gasteiger partial charge is 0.205 e. The highest BCUT2D eigenvalue weighted by Crippen LogP contribution is 2.32. The SMILES string of the molecule is COc1cccc(C=NNc2nc(N)cs2)c1OCc1c(F)cccc1Cl. The number of nitrogens with one attached hydrogen (secondary N) is 1. The van der Waals surface area contributed by atoms with Crippen LogP contribution < -0.4 is 20.6 Å². The molecule has 0 atom stereocenters. The first-order chi connectivity index (χ1) is 13.1. The number of nitrogens with zero attached hydrogens (tertiary/aromatic N) is 2. The normalized spacial score (nSPS) is 10.9. The minimum Gasteiger partial charge on any atom is -0.493 e. The Kier molecular flexibility index (Phi) is 6.10. The van der Waals surface area contributed by atoms with E-state index in [4.69, 9.17) is 26.8 Å². The molecule has 2 aromatic carbocycles. The molecule has 3 N–H and O–H groups in total. The highest BCUT2D eigenvalue weighted by molar-refractivity contribution is 7.14. The Labute approximate surface area is 164 Å². The molecule has 0 unspecified atom stereocenters. The van der Waals surface area contributed by atoms with Crippen LogP contribution in [0.3, 0.4) is 0 Å². The fourth-order valence-electron chi connectivity index (χ4n) is 2.26. The minimum atomic E-state index is -0.435. The lowest BCUT2D eigenvalue weighted by molar-refractivity contribution is 0.279. The summed E-state index contributed by atoms with van der Waals surface area (Å²) in [5.41, 5.74) is 9.27. The second-order valence-corrected chi connectivity index (χ2v) is 6.58. The van der Waals surface area contributed by atoms with Crippen molar-refractivity contribution in [1.82, 2.24) is 4.98 Å². The quantitative estimate of drug-likeness (QED) is 0.444. The second-order valence-electron chi connectivity index (χ2n) is 5.32. The lowest BCUT2D eigenvalue weighted by Gasteiger charge is -2.14. The maximum Gasteiger partial charge on any atom is 0.205 e. The van der Waals surface area contributed by atoms with E-state index in [2.05, 4.69) is 15.5 Å². The molecule has 9 heteroatoms. The molecular weight excluding hydrogens is 391 g/mol. The van der Waals surface area contributed by atoms with Crippen molar-refractivity contribution in [3.8, 4) is 11.5 Å². The van der Waals surface area contributed by atoms with Gasteiger partial charge in [-0.2, -0.15) is 5.10 Å². The van der Waals surface area contributed by atoms with E-state index < -0.39 is 5.82 Å². The van der Waals surface area contributed by atoms with Crippen LogP contribution in [0, 0.1) is 5.82 Å². The van der Waals surface area contributed by atoms with E-state index in [1.54, 1.807) is 41.9 Å². The molecule has 0 aliphatic rings. The lowest BCUT2D eigenvalue weighted by atomic mass is 10.2. The van der Waals surface area contributed by atoms with Crippen molar-refractivity contribution < 1.29 is 13.9 Å². The molecule has 0 saturated carbocycles. The Bertz CT molecular complexity index is 944. The Hall–Kier alpha value is -2.84. The molecule has 0 spiro atoms. The first-order valence-corrected chi connectivity index (χ1v) is 9.07. The standard InChI is InChI=1S/C18H16ClFN4O2S/c1-25-15-7-2-4-11(8-22-24-18-23-16(21)10-27-18)17(15)26-9-12-13(19)5-3-6-14(12)20/h2-8,10H,9,21H2,1H3,(H,23,24). The van der Waals surface area contributed by atoms with Gasteiger partial charge in [0.1, 0.15) is 18.2 Å². The summed E-state index contributed by atoms with van der Waals surface area (Å²) in [6.45, 7) is -0.0524. The molecule has 6 nitrogen and oxygen atoms in total. The van der Waals surface area contributed by atoms with Gasteiger partial charge in [0.05, 0.1) is 18.3 Å². The van der Waals surface area contributed by atoms with Gasteiger partial charge in [0.2, 0.25) is 5.13 Å². The number of rotatable bonds is 7. The van der Waals surface area contributed by atoms with E-state index >= 15 is 0 Å². The second kappa shape index (κ2) is 8.70. The molecule has 140 valence electrons. The molecule has 0 aliphatic heterocycles. The van der Waals surface area contributed by atoms with Crippen LogP contribution in [0.2, 0.25) is 5.02 Å². The lowest BCUT2D eigenvalue weighted by Crippen LogP contribution is -2.03. The van der Waals surface area contributed by atoms with Crippen molar-refractivity contribution in [1.29, 1.82) is 0 Å². The first-order valence-electron chi connectivity index (χ1n) is 7.81. The predicted octanol–water partition coefficient (Wildman–Crippen LogP) is 4.55. The number of para-hydroxylation sites is 1. The van der Waals surface area contributed by atoms with Crippen molar-refractivity contribution in [3.05, 3.63) is 63.7 Å². The van der Waals surface area contributed by atoms with Crippen LogP contribution in [0.4, 0.5) is 15.3 Å². The zero-order chi connectivity index (χ0) is 19.2. The maximum atomic E-state index is 14.0. The van der Waals surface area contributed by atoms with Gasteiger partial charge in [-0.15, -0.1) is 11.3 Å². The Balaban J connectivity index is 1.81. The molecule has 0 radical (unpaired) electrons. The van der Waals surface area contributed by atoms with E-state index in [9.17, 15) is 4.39 Å². The molecule has 0 amide bonds. The fraction of sp³-hybridized carbons (Fsp3) is 0.111. The molecule has 0 saturated heterocycles. The van der Waals surface area contributed by atoms with Gasteiger partial charge in [0, 0.05) is 16.5 Å². The summed E-state index contributed by atoms with van der Waals surface area (Å²) in [5.74, 6) is 0.897. The molecular formula is C18H16ClFN4O2S. The maximum absolute atomic E-state index is 14.0.